The molecule has 1 saturated heterocycles. The van der Waals surface area contributed by atoms with Gasteiger partial charge in [0.15, 0.2) is 6.29 Å². The maximum absolute atomic E-state index is 14.7. The van der Waals surface area contributed by atoms with Gasteiger partial charge < -0.3 is 14.6 Å². The minimum absolute atomic E-state index is 0.0258. The third-order valence-corrected chi connectivity index (χ3v) is 7.00. The van der Waals surface area contributed by atoms with Crippen molar-refractivity contribution in [2.24, 2.45) is 0 Å². The predicted octanol–water partition coefficient (Wildman–Crippen LogP) is 4.16. The van der Waals surface area contributed by atoms with Gasteiger partial charge in [-0.1, -0.05) is 31.2 Å². The van der Waals surface area contributed by atoms with Crippen molar-refractivity contribution >= 4 is 17.8 Å². The van der Waals surface area contributed by atoms with Crippen LogP contribution in [0.4, 0.5) is 13.2 Å². The summed E-state index contributed by atoms with van der Waals surface area (Å²) in [6.45, 7) is 2.39. The molecule has 3 aromatic rings. The lowest BCUT2D eigenvalue weighted by Crippen LogP contribution is -2.43. The molecular weight excluding hydrogens is 467 g/mol. The molecule has 0 unspecified atom stereocenters. The van der Waals surface area contributed by atoms with Crippen LogP contribution in [0.25, 0.3) is 6.08 Å². The number of halogens is 3. The van der Waals surface area contributed by atoms with Crippen LogP contribution in [0.3, 0.4) is 0 Å². The number of aliphatic hydroxyl groups is 1. The lowest BCUT2D eigenvalue weighted by atomic mass is 9.90. The summed E-state index contributed by atoms with van der Waals surface area (Å²) < 4.78 is 54.1. The maximum atomic E-state index is 14.7. The van der Waals surface area contributed by atoms with E-state index in [2.05, 4.69) is 10.1 Å². The van der Waals surface area contributed by atoms with Crippen LogP contribution in [0.1, 0.15) is 18.1 Å². The van der Waals surface area contributed by atoms with Gasteiger partial charge in [0.2, 0.25) is 0 Å². The van der Waals surface area contributed by atoms with Gasteiger partial charge in [0.1, 0.15) is 35.7 Å². The van der Waals surface area contributed by atoms with Gasteiger partial charge in [0, 0.05) is 16.9 Å². The zero-order valence-electron chi connectivity index (χ0n) is 18.4. The molecule has 0 radical (unpaired) electrons. The predicted molar refractivity (Wildman–Crippen MR) is 122 cm³/mol. The van der Waals surface area contributed by atoms with E-state index in [1.165, 1.54) is 47.3 Å². The number of thioether (sulfide) groups is 1. The van der Waals surface area contributed by atoms with Gasteiger partial charge in [0.05, 0.1) is 25.0 Å². The third kappa shape index (κ3) is 5.87. The Balaban J connectivity index is 1.41. The lowest BCUT2D eigenvalue weighted by molar-refractivity contribution is -0.146. The van der Waals surface area contributed by atoms with Gasteiger partial charge in [-0.3, -0.25) is 0 Å². The normalized spacial score (nSPS) is 21.4. The molecule has 1 aliphatic heterocycles. The quantitative estimate of drug-likeness (QED) is 0.511. The average Bonchev–Trinajstić information content (AvgIpc) is 3.32. The molecule has 2 atom stereocenters. The van der Waals surface area contributed by atoms with E-state index in [4.69, 9.17) is 9.47 Å². The van der Waals surface area contributed by atoms with Crippen LogP contribution in [0.15, 0.2) is 61.2 Å². The molecule has 6 nitrogen and oxygen atoms in total. The highest BCUT2D eigenvalue weighted by Crippen LogP contribution is 2.38. The average molecular weight is 492 g/mol. The zero-order chi connectivity index (χ0) is 24.1. The molecule has 1 fully saturated rings. The molecule has 1 aliphatic rings. The van der Waals surface area contributed by atoms with E-state index in [-0.39, 0.29) is 23.2 Å². The second-order valence-electron chi connectivity index (χ2n) is 7.99. The number of aromatic nitrogens is 3. The fraction of sp³-hybridized carbons (Fsp3) is 0.333. The molecule has 2 heterocycles. The summed E-state index contributed by atoms with van der Waals surface area (Å²) in [6.07, 6.45) is 5.72. The molecular formula is C24H24F3N3O3S. The topological polar surface area (TPSA) is 69.4 Å². The first-order valence-corrected chi connectivity index (χ1v) is 11.6. The summed E-state index contributed by atoms with van der Waals surface area (Å²) in [5.74, 6) is -1.86. The Bertz CT molecular complexity index is 1110. The van der Waals surface area contributed by atoms with Crippen molar-refractivity contribution in [3.05, 3.63) is 89.8 Å². The minimum Gasteiger partial charge on any atom is -0.382 e. The Kier molecular flexibility index (Phi) is 7.72. The number of benzene rings is 2. The van der Waals surface area contributed by atoms with Crippen molar-refractivity contribution in [3.8, 4) is 0 Å². The molecule has 0 amide bonds. The number of hydrogen-bond acceptors (Lipinski definition) is 6. The Hall–Kier alpha value is -2.66. The Labute approximate surface area is 199 Å². The maximum Gasteiger partial charge on any atom is 0.177 e. The minimum atomic E-state index is -1.70. The SMILES string of the molecule is C[C@@H](S[C@H]1CO[C@H](C=Cc2ccc(F)cc2)OC1)[C@](O)(Cn1cncn1)c1ccc(F)cc1F. The number of hydrogen-bond donors (Lipinski definition) is 1. The van der Waals surface area contributed by atoms with Crippen LogP contribution in [-0.4, -0.2) is 49.9 Å². The van der Waals surface area contributed by atoms with Gasteiger partial charge in [-0.05, 0) is 29.8 Å². The standard InChI is InChI=1S/C24H24F3N3O3S/c1-16(24(31,13-30-15-28-14-29-30)21-8-7-19(26)10-22(21)27)34-20-11-32-23(33-12-20)9-4-17-2-5-18(25)6-3-17/h2-10,14-16,20,23,31H,11-13H2,1H3/t16-,20-,23-,24-/m1/s1. The third-order valence-electron chi connectivity index (χ3n) is 5.54. The first kappa shape index (κ1) is 24.5. The molecule has 180 valence electrons. The monoisotopic (exact) mass is 491 g/mol. The molecule has 0 spiro atoms. The number of ether oxygens (including phenoxy) is 2. The van der Waals surface area contributed by atoms with Gasteiger partial charge in [-0.25, -0.2) is 22.8 Å². The molecule has 34 heavy (non-hydrogen) atoms. The summed E-state index contributed by atoms with van der Waals surface area (Å²) >= 11 is 1.39. The summed E-state index contributed by atoms with van der Waals surface area (Å²) in [5.41, 5.74) is -0.907. The molecule has 10 heteroatoms. The summed E-state index contributed by atoms with van der Waals surface area (Å²) in [6, 6.07) is 9.18. The smallest absolute Gasteiger partial charge is 0.177 e. The zero-order valence-corrected chi connectivity index (χ0v) is 19.2. The highest BCUT2D eigenvalue weighted by Gasteiger charge is 2.41. The van der Waals surface area contributed by atoms with Crippen molar-refractivity contribution in [2.45, 2.75) is 35.9 Å². The summed E-state index contributed by atoms with van der Waals surface area (Å²) in [7, 11) is 0. The summed E-state index contributed by atoms with van der Waals surface area (Å²) in [5, 5.41) is 15.0. The molecule has 1 aromatic heterocycles. The molecule has 4 rings (SSSR count). The van der Waals surface area contributed by atoms with E-state index in [0.717, 1.165) is 17.7 Å². The van der Waals surface area contributed by atoms with E-state index in [1.807, 2.05) is 0 Å². The Morgan fingerprint density at radius 3 is 2.50 bits per heavy atom. The van der Waals surface area contributed by atoms with Crippen LogP contribution in [-0.2, 0) is 21.6 Å². The second kappa shape index (κ2) is 10.7. The van der Waals surface area contributed by atoms with E-state index in [0.29, 0.717) is 13.2 Å². The van der Waals surface area contributed by atoms with Crippen molar-refractivity contribution < 1.29 is 27.8 Å². The summed E-state index contributed by atoms with van der Waals surface area (Å²) in [4.78, 5) is 3.88. The first-order valence-electron chi connectivity index (χ1n) is 10.7. The number of nitrogens with zero attached hydrogens (tertiary/aromatic N) is 3. The Morgan fingerprint density at radius 2 is 1.85 bits per heavy atom. The molecule has 2 aromatic carbocycles. The van der Waals surface area contributed by atoms with Gasteiger partial charge in [-0.2, -0.15) is 5.10 Å². The van der Waals surface area contributed by atoms with Crippen molar-refractivity contribution in [1.82, 2.24) is 14.8 Å². The molecule has 0 saturated carbocycles. The first-order chi connectivity index (χ1) is 16.3. The fourth-order valence-electron chi connectivity index (χ4n) is 3.69. The van der Waals surface area contributed by atoms with Crippen molar-refractivity contribution in [2.75, 3.05) is 13.2 Å². The van der Waals surface area contributed by atoms with Gasteiger partial charge in [-0.15, -0.1) is 11.8 Å². The molecule has 0 bridgehead atoms. The van der Waals surface area contributed by atoms with E-state index < -0.39 is 28.8 Å². The van der Waals surface area contributed by atoms with Crippen molar-refractivity contribution in [3.63, 3.8) is 0 Å². The van der Waals surface area contributed by atoms with E-state index in [9.17, 15) is 18.3 Å². The highest BCUT2D eigenvalue weighted by molar-refractivity contribution is 8.00. The van der Waals surface area contributed by atoms with E-state index >= 15 is 0 Å². The second-order valence-corrected chi connectivity index (χ2v) is 9.63. The molecule has 1 N–H and O–H groups in total. The fourth-order valence-corrected chi connectivity index (χ4v) is 5.01. The van der Waals surface area contributed by atoms with Crippen LogP contribution >= 0.6 is 11.8 Å². The largest absolute Gasteiger partial charge is 0.382 e. The highest BCUT2D eigenvalue weighted by atomic mass is 32.2. The van der Waals surface area contributed by atoms with Gasteiger partial charge in [0.25, 0.3) is 0 Å². The van der Waals surface area contributed by atoms with E-state index in [1.54, 1.807) is 31.2 Å². The lowest BCUT2D eigenvalue weighted by Gasteiger charge is -2.37. The molecule has 0 aliphatic carbocycles. The van der Waals surface area contributed by atoms with Gasteiger partial charge >= 0.3 is 0 Å². The number of rotatable bonds is 8. The van der Waals surface area contributed by atoms with Crippen LogP contribution < -0.4 is 0 Å². The van der Waals surface area contributed by atoms with Crippen LogP contribution in [0.2, 0.25) is 0 Å². The Morgan fingerprint density at radius 1 is 1.15 bits per heavy atom. The van der Waals surface area contributed by atoms with Crippen molar-refractivity contribution in [1.29, 1.82) is 0 Å². The van der Waals surface area contributed by atoms with Crippen LogP contribution in [0.5, 0.6) is 0 Å². The van der Waals surface area contributed by atoms with Crippen LogP contribution in [0, 0.1) is 17.5 Å².